The summed E-state index contributed by atoms with van der Waals surface area (Å²) < 4.78 is 5.35. The molecule has 3 rings (SSSR count). The fraction of sp³-hybridized carbons (Fsp3) is 0.867. The van der Waals surface area contributed by atoms with Crippen molar-refractivity contribution in [3.05, 3.63) is 11.7 Å². The Bertz CT molecular complexity index is 445. The van der Waals surface area contributed by atoms with Gasteiger partial charge in [0.15, 0.2) is 5.82 Å². The van der Waals surface area contributed by atoms with Crippen LogP contribution in [0.25, 0.3) is 0 Å². The number of hydrogen-bond donors (Lipinski definition) is 1. The molecule has 20 heavy (non-hydrogen) atoms. The highest BCUT2D eigenvalue weighted by molar-refractivity contribution is 4.99. The zero-order valence-corrected chi connectivity index (χ0v) is 12.8. The molecule has 3 unspecified atom stereocenters. The van der Waals surface area contributed by atoms with Gasteiger partial charge in [-0.2, -0.15) is 4.98 Å². The first-order valence-corrected chi connectivity index (χ1v) is 7.93. The Hall–Kier alpha value is -0.940. The van der Waals surface area contributed by atoms with Crippen LogP contribution in [0.1, 0.15) is 38.9 Å². The van der Waals surface area contributed by atoms with Gasteiger partial charge in [-0.1, -0.05) is 25.9 Å². The van der Waals surface area contributed by atoms with E-state index in [4.69, 9.17) is 4.52 Å². The lowest BCUT2D eigenvalue weighted by Crippen LogP contribution is -2.34. The maximum absolute atomic E-state index is 5.35. The molecule has 0 radical (unpaired) electrons. The first kappa shape index (κ1) is 14.0. The van der Waals surface area contributed by atoms with Gasteiger partial charge in [0.1, 0.15) is 0 Å². The summed E-state index contributed by atoms with van der Waals surface area (Å²) in [5, 5.41) is 7.67. The highest BCUT2D eigenvalue weighted by Crippen LogP contribution is 2.34. The van der Waals surface area contributed by atoms with E-state index < -0.39 is 0 Å². The first-order valence-electron chi connectivity index (χ1n) is 7.93. The Kier molecular flexibility index (Phi) is 4.08. The summed E-state index contributed by atoms with van der Waals surface area (Å²) in [6, 6.07) is 0.669. The topological polar surface area (TPSA) is 54.2 Å². The maximum Gasteiger partial charge on any atom is 0.226 e. The van der Waals surface area contributed by atoms with Crippen molar-refractivity contribution in [1.29, 1.82) is 0 Å². The van der Waals surface area contributed by atoms with E-state index >= 15 is 0 Å². The summed E-state index contributed by atoms with van der Waals surface area (Å²) in [4.78, 5) is 7.10. The number of likely N-dealkylation sites (tertiary alicyclic amines) is 1. The Morgan fingerprint density at radius 3 is 3.00 bits per heavy atom. The molecule has 5 nitrogen and oxygen atoms in total. The number of fused-ring (bicyclic) bond motifs is 1. The van der Waals surface area contributed by atoms with Crippen molar-refractivity contribution < 1.29 is 4.52 Å². The van der Waals surface area contributed by atoms with Crippen LogP contribution >= 0.6 is 0 Å². The van der Waals surface area contributed by atoms with Gasteiger partial charge in [-0.3, -0.25) is 4.90 Å². The number of aromatic nitrogens is 2. The minimum atomic E-state index is 0.559. The van der Waals surface area contributed by atoms with E-state index in [1.807, 2.05) is 0 Å². The van der Waals surface area contributed by atoms with Gasteiger partial charge >= 0.3 is 0 Å². The van der Waals surface area contributed by atoms with Crippen molar-refractivity contribution in [2.45, 2.75) is 46.2 Å². The average molecular weight is 278 g/mol. The van der Waals surface area contributed by atoms with Crippen molar-refractivity contribution in [2.75, 3.05) is 19.6 Å². The van der Waals surface area contributed by atoms with E-state index in [1.54, 1.807) is 0 Å². The third kappa shape index (κ3) is 2.74. The van der Waals surface area contributed by atoms with Crippen LogP contribution in [0, 0.1) is 17.8 Å². The molecule has 0 aliphatic carbocycles. The summed E-state index contributed by atoms with van der Waals surface area (Å²) in [5.41, 5.74) is 0. The molecule has 2 saturated heterocycles. The molecule has 1 aromatic rings. The van der Waals surface area contributed by atoms with E-state index in [1.165, 1.54) is 26.1 Å². The zero-order valence-electron chi connectivity index (χ0n) is 12.8. The Balaban J connectivity index is 1.64. The van der Waals surface area contributed by atoms with E-state index in [2.05, 4.69) is 41.1 Å². The summed E-state index contributed by atoms with van der Waals surface area (Å²) >= 11 is 0. The van der Waals surface area contributed by atoms with E-state index in [0.717, 1.165) is 36.5 Å². The lowest BCUT2D eigenvalue weighted by molar-refractivity contribution is 0.203. The lowest BCUT2D eigenvalue weighted by Gasteiger charge is -2.25. The molecule has 0 spiro atoms. The summed E-state index contributed by atoms with van der Waals surface area (Å²) in [6.45, 7) is 11.0. The van der Waals surface area contributed by atoms with E-state index in [0.29, 0.717) is 12.0 Å². The van der Waals surface area contributed by atoms with E-state index in [9.17, 15) is 0 Å². The van der Waals surface area contributed by atoms with Gasteiger partial charge in [0.2, 0.25) is 5.89 Å². The predicted molar refractivity (Wildman–Crippen MR) is 77.2 cm³/mol. The molecule has 0 bridgehead atoms. The Morgan fingerprint density at radius 2 is 2.25 bits per heavy atom. The number of nitrogens with one attached hydrogen (secondary N) is 1. The van der Waals surface area contributed by atoms with Crippen LogP contribution in [0.5, 0.6) is 0 Å². The molecule has 2 aliphatic rings. The molecule has 0 saturated carbocycles. The van der Waals surface area contributed by atoms with Gasteiger partial charge in [-0.15, -0.1) is 0 Å². The fourth-order valence-electron chi connectivity index (χ4n) is 3.82. The molecule has 1 N–H and O–H groups in total. The molecule has 5 heteroatoms. The molecule has 2 aliphatic heterocycles. The number of rotatable bonds is 5. The van der Waals surface area contributed by atoms with Crippen LogP contribution in [0.2, 0.25) is 0 Å². The third-order valence-corrected chi connectivity index (χ3v) is 4.68. The minimum Gasteiger partial charge on any atom is -0.339 e. The smallest absolute Gasteiger partial charge is 0.226 e. The lowest BCUT2D eigenvalue weighted by atomic mass is 9.93. The molecule has 3 heterocycles. The molecule has 0 amide bonds. The summed E-state index contributed by atoms with van der Waals surface area (Å²) in [6.07, 6.45) is 2.08. The van der Waals surface area contributed by atoms with Crippen molar-refractivity contribution >= 4 is 0 Å². The van der Waals surface area contributed by atoms with Gasteiger partial charge in [0.25, 0.3) is 0 Å². The molecule has 3 atom stereocenters. The normalized spacial score (nSPS) is 30.3. The largest absolute Gasteiger partial charge is 0.339 e. The third-order valence-electron chi connectivity index (χ3n) is 4.68. The highest BCUT2D eigenvalue weighted by Gasteiger charge is 2.43. The standard InChI is InChI=1S/C15H26N4O/c1-4-13-12-7-16-6-11(12)8-19(13)9-14-17-15(20-18-14)5-10(2)3/h10-13,16H,4-9H2,1-3H3. The van der Waals surface area contributed by atoms with Crippen molar-refractivity contribution in [3.8, 4) is 0 Å². The fourth-order valence-corrected chi connectivity index (χ4v) is 3.82. The van der Waals surface area contributed by atoms with Crippen molar-refractivity contribution in [3.63, 3.8) is 0 Å². The van der Waals surface area contributed by atoms with Gasteiger partial charge in [0, 0.05) is 19.0 Å². The number of nitrogens with zero attached hydrogens (tertiary/aromatic N) is 3. The van der Waals surface area contributed by atoms with Crippen LogP contribution < -0.4 is 5.32 Å². The monoisotopic (exact) mass is 278 g/mol. The molecular weight excluding hydrogens is 252 g/mol. The average Bonchev–Trinajstić information content (AvgIpc) is 3.05. The molecule has 112 valence electrons. The van der Waals surface area contributed by atoms with Crippen LogP contribution in [0.4, 0.5) is 0 Å². The molecule has 2 fully saturated rings. The molecular formula is C15H26N4O. The highest BCUT2D eigenvalue weighted by atomic mass is 16.5. The van der Waals surface area contributed by atoms with Crippen molar-refractivity contribution in [1.82, 2.24) is 20.4 Å². The van der Waals surface area contributed by atoms with Crippen LogP contribution in [0.15, 0.2) is 4.52 Å². The predicted octanol–water partition coefficient (Wildman–Crippen LogP) is 1.70. The van der Waals surface area contributed by atoms with E-state index in [-0.39, 0.29) is 0 Å². The van der Waals surface area contributed by atoms with Crippen LogP contribution in [-0.2, 0) is 13.0 Å². The summed E-state index contributed by atoms with van der Waals surface area (Å²) in [7, 11) is 0. The number of hydrogen-bond acceptors (Lipinski definition) is 5. The van der Waals surface area contributed by atoms with Crippen LogP contribution in [0.3, 0.4) is 0 Å². The van der Waals surface area contributed by atoms with Crippen LogP contribution in [-0.4, -0.2) is 40.7 Å². The quantitative estimate of drug-likeness (QED) is 0.888. The van der Waals surface area contributed by atoms with Crippen molar-refractivity contribution in [2.24, 2.45) is 17.8 Å². The second kappa shape index (κ2) is 5.82. The first-order chi connectivity index (χ1) is 9.67. The van der Waals surface area contributed by atoms with Gasteiger partial charge in [0.05, 0.1) is 6.54 Å². The van der Waals surface area contributed by atoms with Gasteiger partial charge in [-0.05, 0) is 37.3 Å². The zero-order chi connectivity index (χ0) is 14.1. The Labute approximate surface area is 121 Å². The van der Waals surface area contributed by atoms with Gasteiger partial charge < -0.3 is 9.84 Å². The second-order valence-electron chi connectivity index (χ2n) is 6.69. The minimum absolute atomic E-state index is 0.559. The second-order valence-corrected chi connectivity index (χ2v) is 6.69. The molecule has 0 aromatic carbocycles. The molecule has 1 aromatic heterocycles. The SMILES string of the molecule is CCC1C2CNCC2CN1Cc1noc(CC(C)C)n1. The summed E-state index contributed by atoms with van der Waals surface area (Å²) in [5.74, 6) is 3.81. The Morgan fingerprint density at radius 1 is 1.40 bits per heavy atom. The maximum atomic E-state index is 5.35. The van der Waals surface area contributed by atoms with Gasteiger partial charge in [-0.25, -0.2) is 0 Å².